The highest BCUT2D eigenvalue weighted by Gasteiger charge is 2.32. The number of hydrogen-bond acceptors (Lipinski definition) is 5. The predicted molar refractivity (Wildman–Crippen MR) is 98.4 cm³/mol. The summed E-state index contributed by atoms with van der Waals surface area (Å²) in [5.41, 5.74) is 0.444. The zero-order chi connectivity index (χ0) is 18.6. The van der Waals surface area contributed by atoms with Gasteiger partial charge in [-0.15, -0.1) is 0 Å². The summed E-state index contributed by atoms with van der Waals surface area (Å²) in [6.07, 6.45) is 2.82. The lowest BCUT2D eigenvalue weighted by Gasteiger charge is -2.38. The second kappa shape index (κ2) is 7.35. The van der Waals surface area contributed by atoms with E-state index in [1.54, 1.807) is 36.4 Å². The summed E-state index contributed by atoms with van der Waals surface area (Å²) in [7, 11) is 0. The number of carbonyl (C=O) groups is 1. The molecule has 6 nitrogen and oxygen atoms in total. The first-order valence-corrected chi connectivity index (χ1v) is 8.05. The molecule has 1 amide bonds. The standard InChI is InChI=1S/C20H18N2O4/c1-15(23)22(25,14-16-7-5-6-10-19(16)24)18-13-21-12-11-20(18)26-17-8-3-2-4-9-17/h2-13,24H,14H2,1H3. The van der Waals surface area contributed by atoms with Gasteiger partial charge in [0.1, 0.15) is 18.0 Å². The third-order valence-electron chi connectivity index (χ3n) is 4.01. The van der Waals surface area contributed by atoms with Crippen LogP contribution in [0.15, 0.2) is 73.1 Å². The second-order valence-electron chi connectivity index (χ2n) is 5.80. The van der Waals surface area contributed by atoms with Crippen LogP contribution in [0.1, 0.15) is 12.5 Å². The zero-order valence-corrected chi connectivity index (χ0v) is 14.2. The molecule has 1 atom stereocenters. The Labute approximate surface area is 151 Å². The maximum Gasteiger partial charge on any atom is 0.316 e. The molecule has 1 unspecified atom stereocenters. The van der Waals surface area contributed by atoms with Gasteiger partial charge in [0.05, 0.1) is 13.1 Å². The Bertz CT molecular complexity index is 914. The van der Waals surface area contributed by atoms with Crippen molar-refractivity contribution in [3.63, 3.8) is 0 Å². The number of para-hydroxylation sites is 2. The highest BCUT2D eigenvalue weighted by molar-refractivity contribution is 5.88. The number of benzene rings is 2. The van der Waals surface area contributed by atoms with Crippen molar-refractivity contribution in [2.24, 2.45) is 0 Å². The molecule has 0 saturated heterocycles. The largest absolute Gasteiger partial charge is 0.619 e. The zero-order valence-electron chi connectivity index (χ0n) is 14.2. The Morgan fingerprint density at radius 2 is 1.81 bits per heavy atom. The smallest absolute Gasteiger partial charge is 0.316 e. The van der Waals surface area contributed by atoms with Gasteiger partial charge in [0.15, 0.2) is 5.75 Å². The van der Waals surface area contributed by atoms with E-state index in [9.17, 15) is 15.1 Å². The molecule has 132 valence electrons. The van der Waals surface area contributed by atoms with Crippen LogP contribution in [0.2, 0.25) is 0 Å². The molecule has 1 N–H and O–H groups in total. The number of aromatic nitrogens is 1. The molecule has 2 aromatic carbocycles. The third kappa shape index (κ3) is 3.56. The third-order valence-corrected chi connectivity index (χ3v) is 4.01. The molecular weight excluding hydrogens is 332 g/mol. The topological polar surface area (TPSA) is 82.5 Å². The van der Waals surface area contributed by atoms with Crippen molar-refractivity contribution in [1.29, 1.82) is 0 Å². The van der Waals surface area contributed by atoms with Crippen molar-refractivity contribution in [3.05, 3.63) is 83.8 Å². The minimum atomic E-state index is -1.33. The van der Waals surface area contributed by atoms with E-state index in [-0.39, 0.29) is 23.7 Å². The number of phenolic OH excluding ortho intramolecular Hbond substituents is 1. The number of rotatable bonds is 5. The van der Waals surface area contributed by atoms with Gasteiger partial charge in [-0.3, -0.25) is 9.63 Å². The van der Waals surface area contributed by atoms with Gasteiger partial charge in [-0.25, -0.2) is 4.79 Å². The van der Waals surface area contributed by atoms with Crippen LogP contribution in [0.25, 0.3) is 0 Å². The first-order valence-electron chi connectivity index (χ1n) is 8.05. The van der Waals surface area contributed by atoms with Gasteiger partial charge in [0.2, 0.25) is 5.69 Å². The maximum absolute atomic E-state index is 13.5. The normalized spacial score (nSPS) is 13.0. The number of pyridine rings is 1. The Hall–Kier alpha value is -3.22. The number of quaternary nitrogens is 1. The van der Waals surface area contributed by atoms with Crippen molar-refractivity contribution >= 4 is 11.6 Å². The first kappa shape index (κ1) is 17.6. The molecule has 0 aliphatic carbocycles. The molecule has 0 radical (unpaired) electrons. The number of amides is 1. The van der Waals surface area contributed by atoms with Gasteiger partial charge in [0.25, 0.3) is 0 Å². The number of ether oxygens (including phenoxy) is 1. The molecule has 0 saturated carbocycles. The molecule has 0 aliphatic heterocycles. The van der Waals surface area contributed by atoms with E-state index in [0.717, 1.165) is 0 Å². The van der Waals surface area contributed by atoms with Crippen LogP contribution in [-0.4, -0.2) is 16.0 Å². The van der Waals surface area contributed by atoms with Crippen LogP contribution < -0.4 is 9.38 Å². The molecule has 3 rings (SSSR count). The highest BCUT2D eigenvalue weighted by atomic mass is 16.6. The Balaban J connectivity index is 2.03. The highest BCUT2D eigenvalue weighted by Crippen LogP contribution is 2.37. The van der Waals surface area contributed by atoms with Gasteiger partial charge < -0.3 is 15.1 Å². The number of hydroxylamine groups is 2. The molecular formula is C20H18N2O4. The second-order valence-corrected chi connectivity index (χ2v) is 5.80. The molecule has 6 heteroatoms. The minimum absolute atomic E-state index is 0.0403. The van der Waals surface area contributed by atoms with Crippen LogP contribution in [0, 0.1) is 5.21 Å². The maximum atomic E-state index is 13.5. The van der Waals surface area contributed by atoms with Crippen molar-refractivity contribution in [2.45, 2.75) is 13.5 Å². The fourth-order valence-corrected chi connectivity index (χ4v) is 2.60. The number of carbonyl (C=O) groups excluding carboxylic acids is 1. The van der Waals surface area contributed by atoms with E-state index >= 15 is 0 Å². The summed E-state index contributed by atoms with van der Waals surface area (Å²) in [6, 6.07) is 16.9. The van der Waals surface area contributed by atoms with E-state index in [4.69, 9.17) is 4.74 Å². The molecule has 3 aromatic rings. The van der Waals surface area contributed by atoms with Gasteiger partial charge in [-0.1, -0.05) is 30.3 Å². The molecule has 1 aromatic heterocycles. The van der Waals surface area contributed by atoms with E-state index in [1.807, 2.05) is 18.2 Å². The van der Waals surface area contributed by atoms with Crippen LogP contribution >= 0.6 is 0 Å². The summed E-state index contributed by atoms with van der Waals surface area (Å²) in [6.45, 7) is 0.950. The molecule has 1 heterocycles. The van der Waals surface area contributed by atoms with Gasteiger partial charge >= 0.3 is 5.91 Å². The van der Waals surface area contributed by atoms with E-state index < -0.39 is 10.6 Å². The Morgan fingerprint density at radius 3 is 2.50 bits per heavy atom. The number of phenols is 1. The molecule has 0 bridgehead atoms. The van der Waals surface area contributed by atoms with Crippen LogP contribution in [-0.2, 0) is 11.3 Å². The summed E-state index contributed by atoms with van der Waals surface area (Å²) in [5, 5.41) is 23.5. The SMILES string of the molecule is CC(=O)[N+]([O-])(Cc1ccccc1O)c1cnccc1Oc1ccccc1. The lowest BCUT2D eigenvalue weighted by Crippen LogP contribution is -2.46. The van der Waals surface area contributed by atoms with Gasteiger partial charge in [-0.05, 0) is 24.3 Å². The lowest BCUT2D eigenvalue weighted by atomic mass is 10.1. The van der Waals surface area contributed by atoms with Crippen molar-refractivity contribution in [2.75, 3.05) is 0 Å². The average Bonchev–Trinajstić information content (AvgIpc) is 2.65. The fourth-order valence-electron chi connectivity index (χ4n) is 2.60. The molecule has 0 fully saturated rings. The fraction of sp³-hybridized carbons (Fsp3) is 0.100. The predicted octanol–water partition coefficient (Wildman–Crippen LogP) is 4.13. The summed E-state index contributed by atoms with van der Waals surface area (Å²) in [4.78, 5) is 16.3. The molecule has 26 heavy (non-hydrogen) atoms. The van der Waals surface area contributed by atoms with Crippen LogP contribution in [0.3, 0.4) is 0 Å². The van der Waals surface area contributed by atoms with E-state index in [2.05, 4.69) is 4.98 Å². The monoisotopic (exact) mass is 350 g/mol. The number of nitrogens with zero attached hydrogens (tertiary/aromatic N) is 2. The Morgan fingerprint density at radius 1 is 1.12 bits per heavy atom. The molecule has 0 spiro atoms. The molecule has 0 aliphatic rings. The van der Waals surface area contributed by atoms with E-state index in [1.165, 1.54) is 25.4 Å². The minimum Gasteiger partial charge on any atom is -0.619 e. The van der Waals surface area contributed by atoms with Gasteiger partial charge in [0, 0.05) is 17.8 Å². The van der Waals surface area contributed by atoms with Crippen LogP contribution in [0.4, 0.5) is 5.69 Å². The number of hydrogen-bond donors (Lipinski definition) is 1. The van der Waals surface area contributed by atoms with Crippen LogP contribution in [0.5, 0.6) is 17.2 Å². The summed E-state index contributed by atoms with van der Waals surface area (Å²) >= 11 is 0. The summed E-state index contributed by atoms with van der Waals surface area (Å²) < 4.78 is 4.48. The Kier molecular flexibility index (Phi) is 4.97. The average molecular weight is 350 g/mol. The van der Waals surface area contributed by atoms with Gasteiger partial charge in [-0.2, -0.15) is 0 Å². The van der Waals surface area contributed by atoms with Crippen molar-refractivity contribution < 1.29 is 14.6 Å². The number of aromatic hydroxyl groups is 1. The first-order chi connectivity index (χ1) is 12.5. The lowest BCUT2D eigenvalue weighted by molar-refractivity contribution is -0.126. The van der Waals surface area contributed by atoms with E-state index in [0.29, 0.717) is 11.3 Å². The van der Waals surface area contributed by atoms with Crippen molar-refractivity contribution in [3.8, 4) is 17.2 Å². The summed E-state index contributed by atoms with van der Waals surface area (Å²) in [5.74, 6) is 0.102. The van der Waals surface area contributed by atoms with Crippen molar-refractivity contribution in [1.82, 2.24) is 9.63 Å². The quantitative estimate of drug-likeness (QED) is 0.552.